The number of fused-ring (bicyclic) bond motifs is 3. The molecule has 2 aliphatic rings. The molecule has 2 bridgehead atoms. The van der Waals surface area contributed by atoms with Crippen molar-refractivity contribution in [2.45, 2.75) is 56.0 Å². The summed E-state index contributed by atoms with van der Waals surface area (Å²) in [6, 6.07) is 14.0. The minimum absolute atomic E-state index is 0.00741. The first-order valence-corrected chi connectivity index (χ1v) is 12.9. The third kappa shape index (κ3) is 3.77. The number of nitrogens with zero attached hydrogens (tertiary/aromatic N) is 1. The van der Waals surface area contributed by atoms with Crippen molar-refractivity contribution >= 4 is 26.7 Å². The number of rotatable bonds is 5. The maximum atomic E-state index is 13.5. The monoisotopic (exact) mass is 466 g/mol. The fraction of sp³-hybridized carbons (Fsp3) is 0.423. The van der Waals surface area contributed by atoms with Gasteiger partial charge in [0, 0.05) is 35.5 Å². The van der Waals surface area contributed by atoms with Gasteiger partial charge in [0.25, 0.3) is 10.0 Å². The Morgan fingerprint density at radius 2 is 1.85 bits per heavy atom. The molecule has 6 nitrogen and oxygen atoms in total. The summed E-state index contributed by atoms with van der Waals surface area (Å²) >= 11 is 0. The van der Waals surface area contributed by atoms with E-state index in [1.54, 1.807) is 37.6 Å². The van der Waals surface area contributed by atoms with Crippen molar-refractivity contribution in [3.8, 4) is 5.75 Å². The highest BCUT2D eigenvalue weighted by atomic mass is 32.2. The summed E-state index contributed by atoms with van der Waals surface area (Å²) in [5.74, 6) is 1.41. The number of carbonyl (C=O) groups is 1. The molecule has 1 N–H and O–H groups in total. The first-order chi connectivity index (χ1) is 15.7. The number of aromatic nitrogens is 1. The van der Waals surface area contributed by atoms with E-state index in [-0.39, 0.29) is 22.4 Å². The van der Waals surface area contributed by atoms with Crippen LogP contribution in [-0.2, 0) is 21.2 Å². The van der Waals surface area contributed by atoms with E-state index >= 15 is 0 Å². The molecule has 1 saturated carbocycles. The Balaban J connectivity index is 1.55. The molecule has 2 aromatic carbocycles. The lowest BCUT2D eigenvalue weighted by Crippen LogP contribution is -2.62. The standard InChI is InChI=1S/C26H30N2O4S/c1-26(2)18-8-13-25(29)22(15-18)23(27-26)14-17-16-28(24-7-5-4-6-21(17)24)33(30,31)20-11-9-19(32-3)10-12-20/h4-7,9-12,16,18,22-23,27H,8,13-15H2,1-3H3/t18-,22+,23+/m0/s1. The number of methoxy groups -OCH3 is 1. The van der Waals surface area contributed by atoms with E-state index in [0.29, 0.717) is 35.8 Å². The number of para-hydroxylation sites is 1. The number of nitrogens with one attached hydrogen (secondary N) is 1. The quantitative estimate of drug-likeness (QED) is 0.611. The summed E-state index contributed by atoms with van der Waals surface area (Å²) in [5, 5.41) is 4.64. The van der Waals surface area contributed by atoms with Crippen LogP contribution in [0, 0.1) is 11.8 Å². The molecule has 1 aliphatic heterocycles. The molecule has 1 saturated heterocycles. The number of Topliss-reactive ketones (excluding diaryl/α,β-unsaturated/α-hetero) is 1. The van der Waals surface area contributed by atoms with E-state index in [1.807, 2.05) is 24.3 Å². The van der Waals surface area contributed by atoms with Gasteiger partial charge in [-0.15, -0.1) is 0 Å². The molecule has 174 valence electrons. The molecule has 2 heterocycles. The van der Waals surface area contributed by atoms with Gasteiger partial charge >= 0.3 is 0 Å². The van der Waals surface area contributed by atoms with Gasteiger partial charge in [-0.3, -0.25) is 4.79 Å². The molecular weight excluding hydrogens is 436 g/mol. The smallest absolute Gasteiger partial charge is 0.268 e. The molecule has 0 radical (unpaired) electrons. The first-order valence-electron chi connectivity index (χ1n) is 11.5. The molecule has 2 fully saturated rings. The van der Waals surface area contributed by atoms with Crippen LogP contribution >= 0.6 is 0 Å². The zero-order valence-corrected chi connectivity index (χ0v) is 20.1. The Kier molecular flexibility index (Phi) is 5.37. The topological polar surface area (TPSA) is 77.4 Å². The number of ether oxygens (including phenoxy) is 1. The summed E-state index contributed by atoms with van der Waals surface area (Å²) in [6.45, 7) is 4.43. The molecule has 1 aromatic heterocycles. The third-order valence-corrected chi connectivity index (χ3v) is 9.26. The molecule has 5 rings (SSSR count). The fourth-order valence-corrected chi connectivity index (χ4v) is 7.06. The van der Waals surface area contributed by atoms with Gasteiger partial charge in [0.05, 0.1) is 17.5 Å². The molecule has 0 spiro atoms. The highest BCUT2D eigenvalue weighted by Crippen LogP contribution is 2.41. The van der Waals surface area contributed by atoms with E-state index < -0.39 is 10.0 Å². The van der Waals surface area contributed by atoms with Crippen LogP contribution in [0.4, 0.5) is 0 Å². The number of hydrogen-bond donors (Lipinski definition) is 1. The molecule has 0 unspecified atom stereocenters. The lowest BCUT2D eigenvalue weighted by atomic mass is 9.65. The van der Waals surface area contributed by atoms with E-state index in [0.717, 1.165) is 23.8 Å². The molecule has 0 amide bonds. The van der Waals surface area contributed by atoms with Crippen molar-refractivity contribution in [1.29, 1.82) is 0 Å². The summed E-state index contributed by atoms with van der Waals surface area (Å²) in [6.07, 6.45) is 4.84. The van der Waals surface area contributed by atoms with Gasteiger partial charge in [-0.25, -0.2) is 12.4 Å². The molecule has 3 atom stereocenters. The predicted octanol–water partition coefficient (Wildman–Crippen LogP) is 4.17. The van der Waals surface area contributed by atoms with Crippen LogP contribution in [-0.4, -0.2) is 36.9 Å². The summed E-state index contributed by atoms with van der Waals surface area (Å²) < 4.78 is 33.6. The number of benzene rings is 2. The SMILES string of the molecule is COc1ccc(S(=O)(=O)n2cc(C[C@H]3NC(C)(C)[C@H]4CCC(=O)[C@@H]3C4)c3ccccc32)cc1. The van der Waals surface area contributed by atoms with Gasteiger partial charge in [0.2, 0.25) is 0 Å². The first kappa shape index (κ1) is 22.2. The van der Waals surface area contributed by atoms with Crippen molar-refractivity contribution in [1.82, 2.24) is 9.29 Å². The van der Waals surface area contributed by atoms with Crippen molar-refractivity contribution < 1.29 is 17.9 Å². The van der Waals surface area contributed by atoms with E-state index in [2.05, 4.69) is 19.2 Å². The third-order valence-electron chi connectivity index (χ3n) is 7.57. The van der Waals surface area contributed by atoms with E-state index in [4.69, 9.17) is 4.74 Å². The van der Waals surface area contributed by atoms with Crippen LogP contribution in [0.3, 0.4) is 0 Å². The van der Waals surface area contributed by atoms with Crippen LogP contribution in [0.1, 0.15) is 38.7 Å². The van der Waals surface area contributed by atoms with Gasteiger partial charge in [0.15, 0.2) is 0 Å². The predicted molar refractivity (Wildman–Crippen MR) is 128 cm³/mol. The Labute approximate surface area is 195 Å². The van der Waals surface area contributed by atoms with Crippen LogP contribution in [0.5, 0.6) is 5.75 Å². The average molecular weight is 467 g/mol. The van der Waals surface area contributed by atoms with Crippen molar-refractivity contribution in [3.63, 3.8) is 0 Å². The van der Waals surface area contributed by atoms with Gasteiger partial charge < -0.3 is 10.1 Å². The van der Waals surface area contributed by atoms with Crippen LogP contribution in [0.25, 0.3) is 10.9 Å². The van der Waals surface area contributed by atoms with Gasteiger partial charge in [-0.2, -0.15) is 0 Å². The van der Waals surface area contributed by atoms with Gasteiger partial charge in [0.1, 0.15) is 11.5 Å². The zero-order valence-electron chi connectivity index (χ0n) is 19.2. The van der Waals surface area contributed by atoms with E-state index in [1.165, 1.54) is 3.97 Å². The van der Waals surface area contributed by atoms with Crippen LogP contribution in [0.15, 0.2) is 59.6 Å². The normalized spacial score (nSPS) is 24.7. The van der Waals surface area contributed by atoms with Crippen LogP contribution < -0.4 is 10.1 Å². The molecule has 3 aromatic rings. The molecule has 33 heavy (non-hydrogen) atoms. The maximum absolute atomic E-state index is 13.5. The maximum Gasteiger partial charge on any atom is 0.268 e. The Morgan fingerprint density at radius 3 is 2.58 bits per heavy atom. The number of hydrogen-bond acceptors (Lipinski definition) is 5. The Morgan fingerprint density at radius 1 is 1.12 bits per heavy atom. The second-order valence-corrected chi connectivity index (χ2v) is 11.7. The van der Waals surface area contributed by atoms with Gasteiger partial charge in [-0.05, 0) is 74.9 Å². The van der Waals surface area contributed by atoms with Crippen molar-refractivity contribution in [2.24, 2.45) is 11.8 Å². The van der Waals surface area contributed by atoms with Crippen LogP contribution in [0.2, 0.25) is 0 Å². The largest absolute Gasteiger partial charge is 0.497 e. The summed E-state index contributed by atoms with van der Waals surface area (Å²) in [7, 11) is -2.24. The minimum Gasteiger partial charge on any atom is -0.497 e. The zero-order chi connectivity index (χ0) is 23.4. The second kappa shape index (κ2) is 7.99. The second-order valence-electron chi connectivity index (χ2n) is 9.87. The number of carbonyl (C=O) groups excluding carboxylic acids is 1. The number of ketones is 1. The molecule has 7 heteroatoms. The van der Waals surface area contributed by atoms with Crippen molar-refractivity contribution in [2.75, 3.05) is 7.11 Å². The minimum atomic E-state index is -3.79. The number of piperidine rings is 1. The lowest BCUT2D eigenvalue weighted by Gasteiger charge is -2.50. The Hall–Kier alpha value is -2.64. The van der Waals surface area contributed by atoms with Crippen molar-refractivity contribution in [3.05, 3.63) is 60.3 Å². The van der Waals surface area contributed by atoms with E-state index in [9.17, 15) is 13.2 Å². The Bertz CT molecular complexity index is 1310. The molecule has 1 aliphatic carbocycles. The average Bonchev–Trinajstić information content (AvgIpc) is 3.17. The summed E-state index contributed by atoms with van der Waals surface area (Å²) in [5.41, 5.74) is 1.54. The summed E-state index contributed by atoms with van der Waals surface area (Å²) in [4.78, 5) is 12.9. The fourth-order valence-electron chi connectivity index (χ4n) is 5.67. The molecular formula is C26H30N2O4S. The lowest BCUT2D eigenvalue weighted by molar-refractivity contribution is -0.130. The highest BCUT2D eigenvalue weighted by molar-refractivity contribution is 7.90. The van der Waals surface area contributed by atoms with Gasteiger partial charge in [-0.1, -0.05) is 18.2 Å². The highest BCUT2D eigenvalue weighted by Gasteiger charge is 2.46.